The van der Waals surface area contributed by atoms with E-state index in [0.29, 0.717) is 0 Å². The molecule has 0 atom stereocenters. The van der Waals surface area contributed by atoms with E-state index in [-0.39, 0.29) is 5.92 Å². The zero-order valence-corrected chi connectivity index (χ0v) is 21.4. The zero-order valence-electron chi connectivity index (χ0n) is 21.4. The molecule has 2 aromatic heterocycles. The van der Waals surface area contributed by atoms with Gasteiger partial charge >= 0.3 is 0 Å². The van der Waals surface area contributed by atoms with Gasteiger partial charge in [0.1, 0.15) is 0 Å². The second-order valence-electron chi connectivity index (χ2n) is 9.92. The van der Waals surface area contributed by atoms with Crippen molar-refractivity contribution < 1.29 is 0 Å². The van der Waals surface area contributed by atoms with Crippen LogP contribution in [0, 0.1) is 0 Å². The Morgan fingerprint density at radius 1 is 0.432 bits per heavy atom. The highest BCUT2D eigenvalue weighted by Crippen LogP contribution is 2.39. The fraction of sp³-hybridized carbons (Fsp3) is 0.143. The minimum Gasteiger partial charge on any atom is -0.341 e. The molecule has 0 aliphatic carbocycles. The Morgan fingerprint density at radius 3 is 1.35 bits per heavy atom. The average molecular weight is 479 g/mol. The van der Waals surface area contributed by atoms with Gasteiger partial charge in [0.25, 0.3) is 0 Å². The number of para-hydroxylation sites is 2. The normalized spacial score (nSPS) is 12.0. The number of hydrogen-bond acceptors (Lipinski definition) is 0. The number of rotatable bonds is 5. The molecule has 2 nitrogen and oxygen atoms in total. The van der Waals surface area contributed by atoms with E-state index in [9.17, 15) is 0 Å². The molecule has 0 saturated heterocycles. The molecule has 7 rings (SSSR count). The molecule has 0 radical (unpaired) electrons. The van der Waals surface area contributed by atoms with Crippen LogP contribution in [0.1, 0.15) is 36.5 Å². The molecule has 0 amide bonds. The van der Waals surface area contributed by atoms with E-state index in [1.165, 1.54) is 60.3 Å². The number of nitrogens with zero attached hydrogens (tertiary/aromatic N) is 2. The van der Waals surface area contributed by atoms with Crippen LogP contribution in [0.15, 0.2) is 115 Å². The van der Waals surface area contributed by atoms with Gasteiger partial charge in [-0.25, -0.2) is 0 Å². The van der Waals surface area contributed by atoms with Gasteiger partial charge in [-0.15, -0.1) is 0 Å². The standard InChI is InChI=1S/C35H30N2/c1-3-36-31-16-10-8-14-27(31)29-22-25(18-20-33(29)36)35(24-12-6-5-7-13-24)26-19-21-34-30(23-26)28-15-9-11-17-32(28)37(34)4-2/h5-23,35H,3-4H2,1-2H3. The van der Waals surface area contributed by atoms with Crippen LogP contribution in [-0.4, -0.2) is 9.13 Å². The first-order chi connectivity index (χ1) is 18.3. The highest BCUT2D eigenvalue weighted by Gasteiger charge is 2.20. The number of benzene rings is 5. The summed E-state index contributed by atoms with van der Waals surface area (Å²) in [6, 6.07) is 42.7. The Morgan fingerprint density at radius 2 is 0.865 bits per heavy atom. The summed E-state index contributed by atoms with van der Waals surface area (Å²) in [5.74, 6) is 0.155. The molecule has 0 saturated carbocycles. The zero-order chi connectivity index (χ0) is 24.9. The third-order valence-corrected chi connectivity index (χ3v) is 8.02. The fourth-order valence-corrected chi connectivity index (χ4v) is 6.41. The largest absolute Gasteiger partial charge is 0.341 e. The van der Waals surface area contributed by atoms with Crippen molar-refractivity contribution in [3.63, 3.8) is 0 Å². The minimum absolute atomic E-state index is 0.155. The Kier molecular flexibility index (Phi) is 5.14. The van der Waals surface area contributed by atoms with Crippen LogP contribution in [-0.2, 0) is 13.1 Å². The summed E-state index contributed by atoms with van der Waals surface area (Å²) in [6.45, 7) is 6.39. The Balaban J connectivity index is 1.49. The third kappa shape index (κ3) is 3.33. The highest BCUT2D eigenvalue weighted by molar-refractivity contribution is 6.09. The van der Waals surface area contributed by atoms with E-state index in [2.05, 4.69) is 138 Å². The molecule has 37 heavy (non-hydrogen) atoms. The van der Waals surface area contributed by atoms with Crippen molar-refractivity contribution in [2.45, 2.75) is 32.9 Å². The molecule has 2 heterocycles. The number of fused-ring (bicyclic) bond motifs is 6. The van der Waals surface area contributed by atoms with Crippen molar-refractivity contribution in [2.24, 2.45) is 0 Å². The van der Waals surface area contributed by atoms with Crippen LogP contribution in [0.4, 0.5) is 0 Å². The molecule has 0 spiro atoms. The molecule has 0 aliphatic rings. The molecule has 0 N–H and O–H groups in total. The van der Waals surface area contributed by atoms with Crippen molar-refractivity contribution in [3.05, 3.63) is 132 Å². The molecule has 0 aliphatic heterocycles. The van der Waals surface area contributed by atoms with Gasteiger partial charge < -0.3 is 9.13 Å². The summed E-state index contributed by atoms with van der Waals surface area (Å²) in [5, 5.41) is 5.32. The lowest BCUT2D eigenvalue weighted by atomic mass is 9.84. The van der Waals surface area contributed by atoms with Gasteiger partial charge in [-0.2, -0.15) is 0 Å². The molecular weight excluding hydrogens is 448 g/mol. The quantitative estimate of drug-likeness (QED) is 0.218. The lowest BCUT2D eigenvalue weighted by molar-refractivity contribution is 0.826. The van der Waals surface area contributed by atoms with Crippen molar-refractivity contribution in [1.29, 1.82) is 0 Å². The molecule has 0 unspecified atom stereocenters. The Hall–Kier alpha value is -4.30. The van der Waals surface area contributed by atoms with E-state index in [1.54, 1.807) is 0 Å². The fourth-order valence-electron chi connectivity index (χ4n) is 6.41. The monoisotopic (exact) mass is 478 g/mol. The van der Waals surface area contributed by atoms with Gasteiger partial charge in [0.05, 0.1) is 0 Å². The summed E-state index contributed by atoms with van der Waals surface area (Å²) in [5.41, 5.74) is 9.21. The first-order valence-corrected chi connectivity index (χ1v) is 13.3. The summed E-state index contributed by atoms with van der Waals surface area (Å²) in [6.07, 6.45) is 0. The molecule has 0 bridgehead atoms. The lowest BCUT2D eigenvalue weighted by Crippen LogP contribution is -2.04. The van der Waals surface area contributed by atoms with E-state index < -0.39 is 0 Å². The van der Waals surface area contributed by atoms with Gasteiger partial charge in [0, 0.05) is 62.6 Å². The minimum atomic E-state index is 0.155. The summed E-state index contributed by atoms with van der Waals surface area (Å²) >= 11 is 0. The number of aromatic nitrogens is 2. The van der Waals surface area contributed by atoms with Crippen molar-refractivity contribution in [3.8, 4) is 0 Å². The van der Waals surface area contributed by atoms with E-state index in [4.69, 9.17) is 0 Å². The van der Waals surface area contributed by atoms with Gasteiger partial charge in [0.15, 0.2) is 0 Å². The van der Waals surface area contributed by atoms with Crippen LogP contribution in [0.3, 0.4) is 0 Å². The van der Waals surface area contributed by atoms with Crippen LogP contribution >= 0.6 is 0 Å². The maximum absolute atomic E-state index is 2.43. The second-order valence-corrected chi connectivity index (χ2v) is 9.92. The summed E-state index contributed by atoms with van der Waals surface area (Å²) in [4.78, 5) is 0. The predicted octanol–water partition coefficient (Wildman–Crippen LogP) is 9.12. The Bertz CT molecular complexity index is 1780. The lowest BCUT2D eigenvalue weighted by Gasteiger charge is -2.20. The molecule has 5 aromatic carbocycles. The predicted molar refractivity (Wildman–Crippen MR) is 158 cm³/mol. The van der Waals surface area contributed by atoms with Crippen molar-refractivity contribution in [2.75, 3.05) is 0 Å². The average Bonchev–Trinajstić information content (AvgIpc) is 3.45. The van der Waals surface area contributed by atoms with Crippen molar-refractivity contribution in [1.82, 2.24) is 9.13 Å². The van der Waals surface area contributed by atoms with Crippen LogP contribution in [0.25, 0.3) is 43.6 Å². The maximum atomic E-state index is 2.43. The molecule has 180 valence electrons. The van der Waals surface area contributed by atoms with Crippen LogP contribution in [0.2, 0.25) is 0 Å². The first kappa shape index (κ1) is 21.9. The van der Waals surface area contributed by atoms with E-state index >= 15 is 0 Å². The second kappa shape index (κ2) is 8.67. The Labute approximate surface area is 217 Å². The van der Waals surface area contributed by atoms with Gasteiger partial charge in [-0.05, 0) is 66.9 Å². The molecular formula is C35H30N2. The molecule has 7 aromatic rings. The smallest absolute Gasteiger partial charge is 0.0491 e. The first-order valence-electron chi connectivity index (χ1n) is 13.3. The highest BCUT2D eigenvalue weighted by atomic mass is 15.0. The number of aryl methyl sites for hydroxylation is 2. The van der Waals surface area contributed by atoms with E-state index in [0.717, 1.165) is 13.1 Å². The third-order valence-electron chi connectivity index (χ3n) is 8.02. The topological polar surface area (TPSA) is 9.86 Å². The maximum Gasteiger partial charge on any atom is 0.0491 e. The van der Waals surface area contributed by atoms with Crippen LogP contribution < -0.4 is 0 Å². The summed E-state index contributed by atoms with van der Waals surface area (Å²) in [7, 11) is 0. The molecule has 0 fully saturated rings. The van der Waals surface area contributed by atoms with Gasteiger partial charge in [0.2, 0.25) is 0 Å². The van der Waals surface area contributed by atoms with Crippen molar-refractivity contribution >= 4 is 43.6 Å². The number of hydrogen-bond donors (Lipinski definition) is 0. The van der Waals surface area contributed by atoms with Crippen LogP contribution in [0.5, 0.6) is 0 Å². The summed E-state index contributed by atoms with van der Waals surface area (Å²) < 4.78 is 4.86. The molecule has 2 heteroatoms. The van der Waals surface area contributed by atoms with Gasteiger partial charge in [-0.1, -0.05) is 78.9 Å². The van der Waals surface area contributed by atoms with E-state index in [1.807, 2.05) is 0 Å². The SMILES string of the molecule is CCn1c2ccccc2c2cc(C(c3ccccc3)c3ccc4c(c3)c3ccccc3n4CC)ccc21. The van der Waals surface area contributed by atoms with Gasteiger partial charge in [-0.3, -0.25) is 0 Å².